The first kappa shape index (κ1) is 11.2. The van der Waals surface area contributed by atoms with Crippen molar-refractivity contribution in [1.29, 1.82) is 0 Å². The van der Waals surface area contributed by atoms with E-state index in [2.05, 4.69) is 0 Å². The van der Waals surface area contributed by atoms with Crippen LogP contribution in [0.1, 0.15) is 24.2 Å². The van der Waals surface area contributed by atoms with E-state index in [-0.39, 0.29) is 0 Å². The molecule has 1 aromatic carbocycles. The number of hydrogen-bond donors (Lipinski definition) is 0. The van der Waals surface area contributed by atoms with Crippen molar-refractivity contribution in [2.45, 2.75) is 20.1 Å². The number of hydrogen-bond acceptors (Lipinski definition) is 4. The van der Waals surface area contributed by atoms with Crippen molar-refractivity contribution in [3.8, 4) is 5.75 Å². The smallest absolute Gasteiger partial charge is 0.305 e. The lowest BCUT2D eigenvalue weighted by atomic mass is 10.2. The fraction of sp³-hybridized carbons (Fsp3) is 0.273. The summed E-state index contributed by atoms with van der Waals surface area (Å²) < 4.78 is 10.0. The van der Waals surface area contributed by atoms with Crippen LogP contribution in [0.25, 0.3) is 0 Å². The van der Waals surface area contributed by atoms with E-state index in [0.29, 0.717) is 11.3 Å². The van der Waals surface area contributed by atoms with Gasteiger partial charge in [0.05, 0.1) is 0 Å². The largest absolute Gasteiger partial charge is 0.455 e. The third kappa shape index (κ3) is 3.81. The van der Waals surface area contributed by atoms with Crippen LogP contribution in [0.4, 0.5) is 0 Å². The first-order valence-electron chi connectivity index (χ1n) is 4.51. The summed E-state index contributed by atoms with van der Waals surface area (Å²) in [6.45, 7) is 2.91. The molecule has 15 heavy (non-hydrogen) atoms. The molecule has 80 valence electrons. The normalized spacial score (nSPS) is 11.6. The van der Waals surface area contributed by atoms with Crippen LogP contribution >= 0.6 is 0 Å². The summed E-state index contributed by atoms with van der Waals surface area (Å²) in [6, 6.07) is 6.62. The second-order valence-electron chi connectivity index (χ2n) is 2.99. The van der Waals surface area contributed by atoms with Gasteiger partial charge in [-0.1, -0.05) is 12.1 Å². The van der Waals surface area contributed by atoms with Gasteiger partial charge in [-0.25, -0.2) is 0 Å². The van der Waals surface area contributed by atoms with Gasteiger partial charge in [0.25, 0.3) is 0 Å². The van der Waals surface area contributed by atoms with Crippen molar-refractivity contribution in [3.05, 3.63) is 29.8 Å². The number of carbonyl (C=O) groups is 2. The van der Waals surface area contributed by atoms with Crippen molar-refractivity contribution in [1.82, 2.24) is 0 Å². The molecule has 4 nitrogen and oxygen atoms in total. The zero-order valence-corrected chi connectivity index (χ0v) is 8.60. The van der Waals surface area contributed by atoms with E-state index < -0.39 is 12.3 Å². The second-order valence-corrected chi connectivity index (χ2v) is 2.99. The molecule has 1 rings (SSSR count). The Kier molecular flexibility index (Phi) is 3.85. The molecular weight excluding hydrogens is 196 g/mol. The molecule has 0 bridgehead atoms. The van der Waals surface area contributed by atoms with Crippen molar-refractivity contribution in [2.75, 3.05) is 0 Å². The lowest BCUT2D eigenvalue weighted by Crippen LogP contribution is -2.18. The van der Waals surface area contributed by atoms with Crippen LogP contribution in [0.15, 0.2) is 24.3 Å². The van der Waals surface area contributed by atoms with Gasteiger partial charge in [-0.15, -0.1) is 0 Å². The zero-order valence-electron chi connectivity index (χ0n) is 8.60. The maximum atomic E-state index is 10.6. The minimum absolute atomic E-state index is 0.408. The Hall–Kier alpha value is -1.84. The monoisotopic (exact) mass is 208 g/mol. The van der Waals surface area contributed by atoms with Crippen LogP contribution in [-0.4, -0.2) is 18.5 Å². The number of benzene rings is 1. The Labute approximate surface area is 87.8 Å². The van der Waals surface area contributed by atoms with Crippen LogP contribution < -0.4 is 4.74 Å². The number of rotatable bonds is 4. The standard InChI is InChI=1S/C11H12O4/c1-8(13)14-9(2)15-11-5-3-4-10(6-11)7-12/h3-7,9H,1-2H3. The molecule has 0 aromatic heterocycles. The van der Waals surface area contributed by atoms with Crippen LogP contribution in [0.2, 0.25) is 0 Å². The molecule has 0 aliphatic carbocycles. The fourth-order valence-corrected chi connectivity index (χ4v) is 1.11. The van der Waals surface area contributed by atoms with Crippen molar-refractivity contribution >= 4 is 12.3 Å². The quantitative estimate of drug-likeness (QED) is 0.430. The molecule has 0 fully saturated rings. The van der Waals surface area contributed by atoms with Gasteiger partial charge in [-0.2, -0.15) is 0 Å². The summed E-state index contributed by atoms with van der Waals surface area (Å²) in [7, 11) is 0. The lowest BCUT2D eigenvalue weighted by molar-refractivity contribution is -0.158. The van der Waals surface area contributed by atoms with Crippen molar-refractivity contribution in [2.24, 2.45) is 0 Å². The topological polar surface area (TPSA) is 52.6 Å². The zero-order chi connectivity index (χ0) is 11.3. The van der Waals surface area contributed by atoms with E-state index in [1.165, 1.54) is 6.92 Å². The predicted octanol–water partition coefficient (Wildman–Crippen LogP) is 1.79. The Morgan fingerprint density at radius 3 is 2.80 bits per heavy atom. The van der Waals surface area contributed by atoms with Crippen LogP contribution in [0.3, 0.4) is 0 Å². The van der Waals surface area contributed by atoms with Crippen molar-refractivity contribution < 1.29 is 19.1 Å². The summed E-state index contributed by atoms with van der Waals surface area (Å²) in [6.07, 6.45) is 0.0630. The average Bonchev–Trinajstić information content (AvgIpc) is 2.16. The van der Waals surface area contributed by atoms with Gasteiger partial charge >= 0.3 is 5.97 Å². The van der Waals surface area contributed by atoms with Gasteiger partial charge in [0, 0.05) is 19.4 Å². The molecule has 0 saturated carbocycles. The third-order valence-corrected chi connectivity index (χ3v) is 1.63. The Balaban J connectivity index is 2.63. The average molecular weight is 208 g/mol. The Morgan fingerprint density at radius 1 is 1.47 bits per heavy atom. The molecule has 0 N–H and O–H groups in total. The number of aldehydes is 1. The maximum absolute atomic E-state index is 10.6. The summed E-state index contributed by atoms with van der Waals surface area (Å²) in [5, 5.41) is 0. The molecule has 4 heteroatoms. The first-order valence-corrected chi connectivity index (χ1v) is 4.51. The molecule has 1 atom stereocenters. The van der Waals surface area contributed by atoms with E-state index in [9.17, 15) is 9.59 Å². The van der Waals surface area contributed by atoms with Gasteiger partial charge < -0.3 is 9.47 Å². The van der Waals surface area contributed by atoms with E-state index in [4.69, 9.17) is 9.47 Å². The van der Waals surface area contributed by atoms with Gasteiger partial charge in [-0.05, 0) is 12.1 Å². The van der Waals surface area contributed by atoms with E-state index in [1.54, 1.807) is 31.2 Å². The van der Waals surface area contributed by atoms with Gasteiger partial charge in [0.15, 0.2) is 0 Å². The van der Waals surface area contributed by atoms with Gasteiger partial charge in [0.1, 0.15) is 12.0 Å². The van der Waals surface area contributed by atoms with Crippen LogP contribution in [0, 0.1) is 0 Å². The second kappa shape index (κ2) is 5.14. The highest BCUT2D eigenvalue weighted by Gasteiger charge is 2.06. The van der Waals surface area contributed by atoms with E-state index >= 15 is 0 Å². The molecule has 0 amide bonds. The number of esters is 1. The fourth-order valence-electron chi connectivity index (χ4n) is 1.11. The first-order chi connectivity index (χ1) is 7.11. The summed E-state index contributed by atoms with van der Waals surface area (Å²) in [5.41, 5.74) is 0.516. The predicted molar refractivity (Wildman–Crippen MR) is 53.7 cm³/mol. The highest BCUT2D eigenvalue weighted by atomic mass is 16.7. The third-order valence-electron chi connectivity index (χ3n) is 1.63. The van der Waals surface area contributed by atoms with E-state index in [0.717, 1.165) is 6.29 Å². The van der Waals surface area contributed by atoms with E-state index in [1.807, 2.05) is 0 Å². The Bertz CT molecular complexity index is 359. The number of ether oxygens (including phenoxy) is 2. The highest BCUT2D eigenvalue weighted by Crippen LogP contribution is 2.14. The van der Waals surface area contributed by atoms with Crippen LogP contribution in [-0.2, 0) is 9.53 Å². The molecule has 0 spiro atoms. The molecule has 0 radical (unpaired) electrons. The minimum Gasteiger partial charge on any atom is -0.455 e. The minimum atomic E-state index is -0.663. The highest BCUT2D eigenvalue weighted by molar-refractivity contribution is 5.75. The van der Waals surface area contributed by atoms with Crippen LogP contribution in [0.5, 0.6) is 5.75 Å². The SMILES string of the molecule is CC(=O)OC(C)Oc1cccc(C=O)c1. The lowest BCUT2D eigenvalue weighted by Gasteiger charge is -2.14. The summed E-state index contributed by atoms with van der Waals surface area (Å²) in [5.74, 6) is 0.0855. The molecule has 1 unspecified atom stereocenters. The molecule has 0 heterocycles. The molecular formula is C11H12O4. The summed E-state index contributed by atoms with van der Waals surface area (Å²) in [4.78, 5) is 21.1. The summed E-state index contributed by atoms with van der Waals surface area (Å²) >= 11 is 0. The van der Waals surface area contributed by atoms with Crippen molar-refractivity contribution in [3.63, 3.8) is 0 Å². The molecule has 1 aromatic rings. The molecule has 0 aliphatic rings. The van der Waals surface area contributed by atoms with Gasteiger partial charge in [-0.3, -0.25) is 9.59 Å². The Morgan fingerprint density at radius 2 is 2.20 bits per heavy atom. The number of carbonyl (C=O) groups excluding carboxylic acids is 2. The molecule has 0 saturated heterocycles. The molecule has 0 aliphatic heterocycles. The van der Waals surface area contributed by atoms with Gasteiger partial charge in [0.2, 0.25) is 6.29 Å². The maximum Gasteiger partial charge on any atom is 0.305 e.